The summed E-state index contributed by atoms with van der Waals surface area (Å²) in [5.41, 5.74) is 11.6. The Morgan fingerprint density at radius 3 is 2.46 bits per heavy atom. The third kappa shape index (κ3) is 2.62. The van der Waals surface area contributed by atoms with Crippen LogP contribution in [0.5, 0.6) is 0 Å². The predicted octanol–water partition coefficient (Wildman–Crippen LogP) is 6.58. The molecule has 4 rings (SSSR count). The smallest absolute Gasteiger partial charge is 0.123 e. The van der Waals surface area contributed by atoms with Crippen molar-refractivity contribution in [2.45, 2.75) is 6.92 Å². The summed E-state index contributed by atoms with van der Waals surface area (Å²) in [7, 11) is 0. The summed E-state index contributed by atoms with van der Waals surface area (Å²) < 4.78 is 27.7. The highest BCUT2D eigenvalue weighted by Gasteiger charge is 2.14. The minimum atomic E-state index is -0.460. The molecule has 26 heavy (non-hydrogen) atoms. The average molecular weight is 346 g/mol. The molecule has 0 aliphatic heterocycles. The lowest BCUT2D eigenvalue weighted by atomic mass is 9.97. The number of hydrogen-bond donors (Lipinski definition) is 0. The third-order valence-corrected chi connectivity index (χ3v) is 4.28. The Labute approximate surface area is 147 Å². The number of aromatic nitrogens is 1. The summed E-state index contributed by atoms with van der Waals surface area (Å²) in [5, 5.41) is 5.87. The quantitative estimate of drug-likeness (QED) is 0.175. The van der Waals surface area contributed by atoms with Crippen LogP contribution in [0.4, 0.5) is 14.5 Å². The van der Waals surface area contributed by atoms with E-state index in [4.69, 9.17) is 5.53 Å². The van der Waals surface area contributed by atoms with Crippen LogP contribution in [0.1, 0.15) is 5.56 Å². The Hall–Kier alpha value is -3.50. The molecule has 0 N–H and O–H groups in total. The van der Waals surface area contributed by atoms with Gasteiger partial charge in [0.15, 0.2) is 0 Å². The van der Waals surface area contributed by atoms with Gasteiger partial charge < -0.3 is 0 Å². The van der Waals surface area contributed by atoms with Crippen LogP contribution in [0.3, 0.4) is 0 Å². The second kappa shape index (κ2) is 6.10. The van der Waals surface area contributed by atoms with Crippen molar-refractivity contribution in [2.75, 3.05) is 0 Å². The van der Waals surface area contributed by atoms with E-state index in [1.54, 1.807) is 6.07 Å². The maximum Gasteiger partial charge on any atom is 0.123 e. The van der Waals surface area contributed by atoms with E-state index < -0.39 is 5.82 Å². The first kappa shape index (κ1) is 16.0. The zero-order chi connectivity index (χ0) is 18.3. The van der Waals surface area contributed by atoms with E-state index >= 15 is 0 Å². The Morgan fingerprint density at radius 1 is 0.885 bits per heavy atom. The van der Waals surface area contributed by atoms with Crippen LogP contribution in [-0.2, 0) is 0 Å². The standard InChI is InChI=1S/C20H12F2N4/c1-11-2-5-14-15(8-11)16-9-12(21)3-6-18(16)24-20(14)17-10-13(22)4-7-19(17)25-26-23/h2-10H,1H3. The van der Waals surface area contributed by atoms with Crippen molar-refractivity contribution in [3.05, 3.63) is 82.2 Å². The molecule has 0 saturated carbocycles. The van der Waals surface area contributed by atoms with E-state index in [1.807, 2.05) is 25.1 Å². The van der Waals surface area contributed by atoms with Gasteiger partial charge >= 0.3 is 0 Å². The van der Waals surface area contributed by atoms with E-state index in [-0.39, 0.29) is 11.5 Å². The van der Waals surface area contributed by atoms with Gasteiger partial charge in [-0.15, -0.1) is 0 Å². The first-order valence-electron chi connectivity index (χ1n) is 7.91. The van der Waals surface area contributed by atoms with Gasteiger partial charge in [-0.2, -0.15) is 0 Å². The lowest BCUT2D eigenvalue weighted by Gasteiger charge is -2.12. The zero-order valence-corrected chi connectivity index (χ0v) is 13.7. The maximum absolute atomic E-state index is 13.9. The lowest BCUT2D eigenvalue weighted by molar-refractivity contribution is 0.628. The van der Waals surface area contributed by atoms with Gasteiger partial charge in [0.2, 0.25) is 0 Å². The van der Waals surface area contributed by atoms with Crippen LogP contribution in [0.15, 0.2) is 59.7 Å². The molecule has 1 heterocycles. The fraction of sp³-hybridized carbons (Fsp3) is 0.0500. The number of benzene rings is 3. The van der Waals surface area contributed by atoms with Crippen molar-refractivity contribution >= 4 is 27.4 Å². The van der Waals surface area contributed by atoms with Crippen molar-refractivity contribution in [1.82, 2.24) is 4.98 Å². The molecule has 0 amide bonds. The van der Waals surface area contributed by atoms with Gasteiger partial charge in [-0.25, -0.2) is 13.8 Å². The number of fused-ring (bicyclic) bond motifs is 3. The van der Waals surface area contributed by atoms with Crippen molar-refractivity contribution in [2.24, 2.45) is 5.11 Å². The molecule has 0 radical (unpaired) electrons. The van der Waals surface area contributed by atoms with E-state index in [0.717, 1.165) is 16.3 Å². The Balaban J connectivity index is 2.18. The fourth-order valence-electron chi connectivity index (χ4n) is 3.13. The molecular weight excluding hydrogens is 334 g/mol. The van der Waals surface area contributed by atoms with Crippen molar-refractivity contribution in [1.29, 1.82) is 0 Å². The van der Waals surface area contributed by atoms with Gasteiger partial charge in [0.25, 0.3) is 0 Å². The second-order valence-electron chi connectivity index (χ2n) is 6.02. The minimum absolute atomic E-state index is 0.282. The molecule has 0 atom stereocenters. The largest absolute Gasteiger partial charge is 0.247 e. The normalized spacial score (nSPS) is 10.9. The number of hydrogen-bond acceptors (Lipinski definition) is 2. The summed E-state index contributed by atoms with van der Waals surface area (Å²) in [4.78, 5) is 7.43. The Bertz CT molecular complexity index is 1230. The van der Waals surface area contributed by atoms with Crippen molar-refractivity contribution in [3.63, 3.8) is 0 Å². The lowest BCUT2D eigenvalue weighted by Crippen LogP contribution is -1.92. The van der Waals surface area contributed by atoms with Crippen LogP contribution >= 0.6 is 0 Å². The van der Waals surface area contributed by atoms with Gasteiger partial charge in [-0.1, -0.05) is 28.9 Å². The molecular formula is C20H12F2N4. The summed E-state index contributed by atoms with van der Waals surface area (Å²) in [6, 6.07) is 14.0. The van der Waals surface area contributed by atoms with Crippen LogP contribution in [-0.4, -0.2) is 4.98 Å². The molecule has 0 unspecified atom stereocenters. The summed E-state index contributed by atoms with van der Waals surface area (Å²) >= 11 is 0. The predicted molar refractivity (Wildman–Crippen MR) is 98.1 cm³/mol. The topological polar surface area (TPSA) is 61.7 Å². The summed E-state index contributed by atoms with van der Waals surface area (Å²) in [6.45, 7) is 1.94. The highest BCUT2D eigenvalue weighted by molar-refractivity contribution is 6.11. The molecule has 0 aliphatic carbocycles. The molecule has 3 aromatic carbocycles. The molecule has 0 saturated heterocycles. The van der Waals surface area contributed by atoms with Gasteiger partial charge in [0.1, 0.15) is 11.6 Å². The highest BCUT2D eigenvalue weighted by atomic mass is 19.1. The number of nitrogens with zero attached hydrogens (tertiary/aromatic N) is 4. The van der Waals surface area contributed by atoms with Gasteiger partial charge in [-0.05, 0) is 54.2 Å². The average Bonchev–Trinajstić information content (AvgIpc) is 2.63. The number of pyridine rings is 1. The van der Waals surface area contributed by atoms with E-state index in [9.17, 15) is 8.78 Å². The van der Waals surface area contributed by atoms with Crippen LogP contribution < -0.4 is 0 Å². The van der Waals surface area contributed by atoms with Crippen molar-refractivity contribution in [3.8, 4) is 11.3 Å². The summed E-state index contributed by atoms with van der Waals surface area (Å²) in [5.74, 6) is -0.812. The molecule has 0 spiro atoms. The first-order valence-corrected chi connectivity index (χ1v) is 7.91. The van der Waals surface area contributed by atoms with Gasteiger partial charge in [-0.3, -0.25) is 0 Å². The van der Waals surface area contributed by atoms with Crippen LogP contribution in [0.2, 0.25) is 0 Å². The molecule has 0 aliphatic rings. The van der Waals surface area contributed by atoms with Crippen LogP contribution in [0.25, 0.3) is 43.4 Å². The maximum atomic E-state index is 13.9. The van der Waals surface area contributed by atoms with Crippen molar-refractivity contribution < 1.29 is 8.78 Å². The number of azide groups is 1. The molecule has 126 valence electrons. The van der Waals surface area contributed by atoms with E-state index in [0.29, 0.717) is 22.2 Å². The minimum Gasteiger partial charge on any atom is -0.247 e. The Morgan fingerprint density at radius 2 is 1.65 bits per heavy atom. The molecule has 4 aromatic rings. The SMILES string of the molecule is Cc1ccc2c(-c3cc(F)ccc3N=[N+]=[N-])nc3ccc(F)cc3c2c1. The molecule has 4 nitrogen and oxygen atoms in total. The molecule has 0 bridgehead atoms. The number of aryl methyl sites for hydroxylation is 1. The fourth-order valence-corrected chi connectivity index (χ4v) is 3.13. The Kier molecular flexibility index (Phi) is 3.75. The zero-order valence-electron chi connectivity index (χ0n) is 13.7. The summed E-state index contributed by atoms with van der Waals surface area (Å²) in [6.07, 6.45) is 0. The number of halogens is 2. The number of rotatable bonds is 2. The van der Waals surface area contributed by atoms with Gasteiger partial charge in [0, 0.05) is 26.9 Å². The third-order valence-electron chi connectivity index (χ3n) is 4.28. The molecule has 1 aromatic heterocycles. The van der Waals surface area contributed by atoms with E-state index in [1.165, 1.54) is 30.3 Å². The first-order chi connectivity index (χ1) is 12.6. The monoisotopic (exact) mass is 346 g/mol. The van der Waals surface area contributed by atoms with E-state index in [2.05, 4.69) is 15.0 Å². The van der Waals surface area contributed by atoms with Crippen LogP contribution in [0, 0.1) is 18.6 Å². The van der Waals surface area contributed by atoms with Gasteiger partial charge in [0.05, 0.1) is 11.2 Å². The molecule has 0 fully saturated rings. The highest BCUT2D eigenvalue weighted by Crippen LogP contribution is 2.37. The second-order valence-corrected chi connectivity index (χ2v) is 6.02. The molecule has 6 heteroatoms.